The SMILES string of the molecule is CC(C(=O)Nc1nc2ccccc2s1)N1CCN(C(=O)c2cnccn2)CC1. The summed E-state index contributed by atoms with van der Waals surface area (Å²) in [5.41, 5.74) is 1.23. The van der Waals surface area contributed by atoms with Crippen LogP contribution in [0.15, 0.2) is 42.9 Å². The minimum atomic E-state index is -0.305. The topological polar surface area (TPSA) is 91.3 Å². The molecule has 0 radical (unpaired) electrons. The fourth-order valence-electron chi connectivity index (χ4n) is 3.19. The summed E-state index contributed by atoms with van der Waals surface area (Å²) in [6.07, 6.45) is 4.53. The van der Waals surface area contributed by atoms with Gasteiger partial charge in [0.15, 0.2) is 5.13 Å². The van der Waals surface area contributed by atoms with Crippen molar-refractivity contribution in [3.63, 3.8) is 0 Å². The molecule has 1 N–H and O–H groups in total. The number of aromatic nitrogens is 3. The van der Waals surface area contributed by atoms with Crippen LogP contribution in [-0.4, -0.2) is 68.8 Å². The van der Waals surface area contributed by atoms with E-state index in [4.69, 9.17) is 0 Å². The predicted octanol–water partition coefficient (Wildman–Crippen LogP) is 1.87. The first-order valence-electron chi connectivity index (χ1n) is 9.07. The Kier molecular flexibility index (Phi) is 5.27. The van der Waals surface area contributed by atoms with Crippen LogP contribution in [0.3, 0.4) is 0 Å². The van der Waals surface area contributed by atoms with E-state index in [1.807, 2.05) is 31.2 Å². The molecule has 2 amide bonds. The Balaban J connectivity index is 1.33. The number of carbonyl (C=O) groups excluding carboxylic acids is 2. The van der Waals surface area contributed by atoms with E-state index < -0.39 is 0 Å². The van der Waals surface area contributed by atoms with Crippen molar-refractivity contribution in [1.82, 2.24) is 24.8 Å². The first kappa shape index (κ1) is 18.5. The number of hydrogen-bond donors (Lipinski definition) is 1. The van der Waals surface area contributed by atoms with Gasteiger partial charge in [-0.15, -0.1) is 0 Å². The van der Waals surface area contributed by atoms with Crippen molar-refractivity contribution in [3.05, 3.63) is 48.5 Å². The summed E-state index contributed by atoms with van der Waals surface area (Å²) < 4.78 is 1.04. The van der Waals surface area contributed by atoms with Crippen LogP contribution in [0.1, 0.15) is 17.4 Å². The molecule has 1 aliphatic rings. The summed E-state index contributed by atoms with van der Waals surface area (Å²) in [4.78, 5) is 41.4. The highest BCUT2D eigenvalue weighted by molar-refractivity contribution is 7.22. The van der Waals surface area contributed by atoms with Crippen molar-refractivity contribution in [2.24, 2.45) is 0 Å². The third kappa shape index (κ3) is 3.85. The Bertz CT molecular complexity index is 951. The van der Waals surface area contributed by atoms with Gasteiger partial charge in [-0.2, -0.15) is 0 Å². The van der Waals surface area contributed by atoms with Crippen LogP contribution < -0.4 is 5.32 Å². The highest BCUT2D eigenvalue weighted by atomic mass is 32.1. The average Bonchev–Trinajstić information content (AvgIpc) is 3.15. The number of nitrogens with one attached hydrogen (secondary N) is 1. The van der Waals surface area contributed by atoms with Gasteiger partial charge in [-0.25, -0.2) is 9.97 Å². The van der Waals surface area contributed by atoms with E-state index in [1.54, 1.807) is 11.1 Å². The molecular formula is C19H20N6O2S. The Morgan fingerprint density at radius 1 is 1.14 bits per heavy atom. The number of amides is 2. The Morgan fingerprint density at radius 3 is 2.64 bits per heavy atom. The van der Waals surface area contributed by atoms with E-state index in [0.29, 0.717) is 37.0 Å². The fourth-order valence-corrected chi connectivity index (χ4v) is 4.05. The highest BCUT2D eigenvalue weighted by Gasteiger charge is 2.28. The van der Waals surface area contributed by atoms with E-state index in [-0.39, 0.29) is 17.9 Å². The molecule has 3 aromatic rings. The summed E-state index contributed by atoms with van der Waals surface area (Å²) in [5.74, 6) is -0.216. The fraction of sp³-hybridized carbons (Fsp3) is 0.316. The van der Waals surface area contributed by atoms with Crippen molar-refractivity contribution in [3.8, 4) is 0 Å². The maximum absolute atomic E-state index is 12.6. The van der Waals surface area contributed by atoms with E-state index in [1.165, 1.54) is 23.7 Å². The second-order valence-corrected chi connectivity index (χ2v) is 7.60. The van der Waals surface area contributed by atoms with Crippen molar-refractivity contribution >= 4 is 38.5 Å². The van der Waals surface area contributed by atoms with Crippen LogP contribution in [-0.2, 0) is 4.79 Å². The molecule has 1 aromatic carbocycles. The second kappa shape index (κ2) is 7.99. The molecule has 1 atom stereocenters. The third-order valence-electron chi connectivity index (χ3n) is 4.83. The number of piperazine rings is 1. The highest BCUT2D eigenvalue weighted by Crippen LogP contribution is 2.25. The summed E-state index contributed by atoms with van der Waals surface area (Å²) in [5, 5.41) is 3.52. The number of para-hydroxylation sites is 1. The Morgan fingerprint density at radius 2 is 1.93 bits per heavy atom. The summed E-state index contributed by atoms with van der Waals surface area (Å²) in [6, 6.07) is 7.49. The van der Waals surface area contributed by atoms with Crippen LogP contribution in [0, 0.1) is 0 Å². The molecule has 1 unspecified atom stereocenters. The van der Waals surface area contributed by atoms with Gasteiger partial charge in [0.05, 0.1) is 22.5 Å². The molecule has 3 heterocycles. The van der Waals surface area contributed by atoms with Gasteiger partial charge in [-0.05, 0) is 19.1 Å². The normalized spacial score (nSPS) is 16.1. The molecule has 1 saturated heterocycles. The molecule has 0 bridgehead atoms. The van der Waals surface area contributed by atoms with E-state index in [0.717, 1.165) is 10.2 Å². The molecule has 2 aromatic heterocycles. The van der Waals surface area contributed by atoms with Gasteiger partial charge in [-0.1, -0.05) is 23.5 Å². The van der Waals surface area contributed by atoms with Crippen molar-refractivity contribution in [1.29, 1.82) is 0 Å². The van der Waals surface area contributed by atoms with Crippen LogP contribution >= 0.6 is 11.3 Å². The van der Waals surface area contributed by atoms with Gasteiger partial charge in [0.1, 0.15) is 5.69 Å². The van der Waals surface area contributed by atoms with Gasteiger partial charge in [0.2, 0.25) is 5.91 Å². The first-order valence-corrected chi connectivity index (χ1v) is 9.89. The number of anilines is 1. The molecule has 1 fully saturated rings. The standard InChI is InChI=1S/C19H20N6O2S/c1-13(17(26)23-19-22-14-4-2-3-5-16(14)28-19)24-8-10-25(11-9-24)18(27)15-12-20-6-7-21-15/h2-7,12-13H,8-11H2,1H3,(H,22,23,26). The minimum absolute atomic E-state index is 0.0900. The van der Waals surface area contributed by atoms with Crippen LogP contribution in [0.4, 0.5) is 5.13 Å². The molecule has 8 nitrogen and oxygen atoms in total. The third-order valence-corrected chi connectivity index (χ3v) is 5.79. The average molecular weight is 396 g/mol. The molecule has 28 heavy (non-hydrogen) atoms. The number of thiazole rings is 1. The van der Waals surface area contributed by atoms with E-state index in [9.17, 15) is 9.59 Å². The van der Waals surface area contributed by atoms with E-state index >= 15 is 0 Å². The van der Waals surface area contributed by atoms with Gasteiger partial charge in [0, 0.05) is 38.6 Å². The number of carbonyl (C=O) groups is 2. The zero-order chi connectivity index (χ0) is 19.5. The first-order chi connectivity index (χ1) is 13.6. The lowest BCUT2D eigenvalue weighted by molar-refractivity contribution is -0.121. The lowest BCUT2D eigenvalue weighted by Gasteiger charge is -2.37. The van der Waals surface area contributed by atoms with Crippen LogP contribution in [0.5, 0.6) is 0 Å². The van der Waals surface area contributed by atoms with Crippen molar-refractivity contribution < 1.29 is 9.59 Å². The van der Waals surface area contributed by atoms with Gasteiger partial charge in [-0.3, -0.25) is 19.5 Å². The molecule has 144 valence electrons. The maximum atomic E-state index is 12.6. The lowest BCUT2D eigenvalue weighted by atomic mass is 10.2. The molecule has 0 spiro atoms. The zero-order valence-electron chi connectivity index (χ0n) is 15.4. The maximum Gasteiger partial charge on any atom is 0.274 e. The Hall–Kier alpha value is -2.91. The number of fused-ring (bicyclic) bond motifs is 1. The number of benzene rings is 1. The summed E-state index contributed by atoms with van der Waals surface area (Å²) in [7, 11) is 0. The van der Waals surface area contributed by atoms with E-state index in [2.05, 4.69) is 25.2 Å². The number of rotatable bonds is 4. The van der Waals surface area contributed by atoms with Crippen LogP contribution in [0.2, 0.25) is 0 Å². The molecule has 9 heteroatoms. The second-order valence-electron chi connectivity index (χ2n) is 6.57. The number of hydrogen-bond acceptors (Lipinski definition) is 7. The largest absolute Gasteiger partial charge is 0.335 e. The molecule has 1 aliphatic heterocycles. The van der Waals surface area contributed by atoms with Crippen molar-refractivity contribution in [2.75, 3.05) is 31.5 Å². The van der Waals surface area contributed by atoms with Gasteiger partial charge >= 0.3 is 0 Å². The monoisotopic (exact) mass is 396 g/mol. The smallest absolute Gasteiger partial charge is 0.274 e. The quantitative estimate of drug-likeness (QED) is 0.724. The molecule has 0 aliphatic carbocycles. The lowest BCUT2D eigenvalue weighted by Crippen LogP contribution is -2.54. The number of nitrogens with zero attached hydrogens (tertiary/aromatic N) is 5. The minimum Gasteiger partial charge on any atom is -0.335 e. The zero-order valence-corrected chi connectivity index (χ0v) is 16.2. The molecular weight excluding hydrogens is 376 g/mol. The molecule has 0 saturated carbocycles. The Labute approximate surface area is 166 Å². The van der Waals surface area contributed by atoms with Crippen LogP contribution in [0.25, 0.3) is 10.2 Å². The predicted molar refractivity (Wildman–Crippen MR) is 107 cm³/mol. The van der Waals surface area contributed by atoms with Gasteiger partial charge < -0.3 is 10.2 Å². The van der Waals surface area contributed by atoms with Crippen molar-refractivity contribution in [2.45, 2.75) is 13.0 Å². The summed E-state index contributed by atoms with van der Waals surface area (Å²) in [6.45, 7) is 4.23. The summed E-state index contributed by atoms with van der Waals surface area (Å²) >= 11 is 1.46. The van der Waals surface area contributed by atoms with Gasteiger partial charge in [0.25, 0.3) is 5.91 Å². The molecule has 4 rings (SSSR count).